The van der Waals surface area contributed by atoms with Gasteiger partial charge in [-0.3, -0.25) is 0 Å². The summed E-state index contributed by atoms with van der Waals surface area (Å²) >= 11 is 0. The van der Waals surface area contributed by atoms with Crippen molar-refractivity contribution in [3.8, 4) is 0 Å². The topological polar surface area (TPSA) is 26.0 Å². The molecule has 0 aliphatic heterocycles. The maximum Gasteiger partial charge on any atom is 0.0335 e. The summed E-state index contributed by atoms with van der Waals surface area (Å²) in [5.41, 5.74) is 13.5. The van der Waals surface area contributed by atoms with Gasteiger partial charge in [0.25, 0.3) is 0 Å². The van der Waals surface area contributed by atoms with Gasteiger partial charge >= 0.3 is 0 Å². The molecule has 1 heteroatoms. The molecule has 1 nitrogen and oxygen atoms in total. The highest BCUT2D eigenvalue weighted by Gasteiger charge is 2.13. The van der Waals surface area contributed by atoms with Crippen molar-refractivity contribution in [1.29, 1.82) is 0 Å². The van der Waals surface area contributed by atoms with Crippen LogP contribution in [-0.2, 0) is 19.3 Å². The van der Waals surface area contributed by atoms with Crippen molar-refractivity contribution in [2.24, 2.45) is 5.73 Å². The van der Waals surface area contributed by atoms with E-state index < -0.39 is 0 Å². The van der Waals surface area contributed by atoms with E-state index in [9.17, 15) is 0 Å². The molecule has 1 aliphatic rings. The Labute approximate surface area is 128 Å². The normalized spacial score (nSPS) is 15.2. The van der Waals surface area contributed by atoms with E-state index in [1.807, 2.05) is 0 Å². The lowest BCUT2D eigenvalue weighted by Crippen LogP contribution is -2.13. The zero-order valence-electron chi connectivity index (χ0n) is 13.1. The summed E-state index contributed by atoms with van der Waals surface area (Å²) in [6, 6.07) is 15.8. The molecule has 0 amide bonds. The van der Waals surface area contributed by atoms with Crippen LogP contribution in [-0.4, -0.2) is 0 Å². The van der Waals surface area contributed by atoms with E-state index in [2.05, 4.69) is 56.3 Å². The molecule has 21 heavy (non-hydrogen) atoms. The Bertz CT molecular complexity index is 610. The first-order valence-corrected chi connectivity index (χ1v) is 8.09. The van der Waals surface area contributed by atoms with Gasteiger partial charge < -0.3 is 5.73 Å². The first kappa shape index (κ1) is 14.3. The van der Waals surface area contributed by atoms with E-state index in [-0.39, 0.29) is 6.04 Å². The van der Waals surface area contributed by atoms with Crippen molar-refractivity contribution in [1.82, 2.24) is 0 Å². The first-order chi connectivity index (χ1) is 10.1. The van der Waals surface area contributed by atoms with E-state index >= 15 is 0 Å². The average Bonchev–Trinajstić information content (AvgIpc) is 2.95. The third-order valence-electron chi connectivity index (χ3n) is 4.65. The Kier molecular flexibility index (Phi) is 4.12. The second-order valence-electron chi connectivity index (χ2n) is 6.59. The summed E-state index contributed by atoms with van der Waals surface area (Å²) in [6.45, 7) is 4.44. The van der Waals surface area contributed by atoms with Gasteiger partial charge in [0.05, 0.1) is 0 Å². The summed E-state index contributed by atoms with van der Waals surface area (Å²) in [4.78, 5) is 0. The zero-order valence-corrected chi connectivity index (χ0v) is 13.1. The lowest BCUT2D eigenvalue weighted by Gasteiger charge is -2.14. The molecule has 110 valence electrons. The minimum Gasteiger partial charge on any atom is -0.324 e. The molecule has 1 unspecified atom stereocenters. The van der Waals surface area contributed by atoms with Crippen molar-refractivity contribution in [3.63, 3.8) is 0 Å². The second-order valence-corrected chi connectivity index (χ2v) is 6.59. The van der Waals surface area contributed by atoms with Crippen LogP contribution in [0, 0.1) is 0 Å². The minimum atomic E-state index is 0.0886. The van der Waals surface area contributed by atoms with Crippen molar-refractivity contribution >= 4 is 0 Å². The van der Waals surface area contributed by atoms with Gasteiger partial charge in [-0.2, -0.15) is 0 Å². The van der Waals surface area contributed by atoms with Crippen LogP contribution in [0.3, 0.4) is 0 Å². The SMILES string of the molecule is CC(C)c1ccc(C(N)Cc2ccc3c(c2)CCC3)cc1. The lowest BCUT2D eigenvalue weighted by molar-refractivity contribution is 0.719. The second kappa shape index (κ2) is 6.03. The number of rotatable bonds is 4. The van der Waals surface area contributed by atoms with Gasteiger partial charge in [-0.15, -0.1) is 0 Å². The molecule has 0 fully saturated rings. The summed E-state index contributed by atoms with van der Waals surface area (Å²) in [5.74, 6) is 0.576. The molecule has 1 aliphatic carbocycles. The quantitative estimate of drug-likeness (QED) is 0.873. The van der Waals surface area contributed by atoms with Crippen LogP contribution in [0.25, 0.3) is 0 Å². The number of nitrogens with two attached hydrogens (primary N) is 1. The number of hydrogen-bond acceptors (Lipinski definition) is 1. The van der Waals surface area contributed by atoms with Crippen LogP contribution < -0.4 is 5.73 Å². The van der Waals surface area contributed by atoms with Crippen molar-refractivity contribution in [2.75, 3.05) is 0 Å². The van der Waals surface area contributed by atoms with Gasteiger partial charge in [0.15, 0.2) is 0 Å². The van der Waals surface area contributed by atoms with Crippen LogP contribution >= 0.6 is 0 Å². The summed E-state index contributed by atoms with van der Waals surface area (Å²) in [7, 11) is 0. The number of fused-ring (bicyclic) bond motifs is 1. The Morgan fingerprint density at radius 3 is 2.29 bits per heavy atom. The molecule has 0 aromatic heterocycles. The Balaban J connectivity index is 1.72. The first-order valence-electron chi connectivity index (χ1n) is 8.09. The van der Waals surface area contributed by atoms with E-state index in [4.69, 9.17) is 5.73 Å². The third-order valence-corrected chi connectivity index (χ3v) is 4.65. The molecule has 0 saturated carbocycles. The maximum atomic E-state index is 6.40. The standard InChI is InChI=1S/C20H25N/c1-14(2)16-8-10-18(11-9-16)20(21)13-15-6-7-17-4-3-5-19(17)12-15/h6-12,14,20H,3-5,13,21H2,1-2H3. The fraction of sp³-hybridized carbons (Fsp3) is 0.400. The summed E-state index contributed by atoms with van der Waals surface area (Å²) < 4.78 is 0. The van der Waals surface area contributed by atoms with Gasteiger partial charge in [0.1, 0.15) is 0 Å². The van der Waals surface area contributed by atoms with Gasteiger partial charge in [0.2, 0.25) is 0 Å². The molecule has 0 heterocycles. The monoisotopic (exact) mass is 279 g/mol. The molecule has 0 spiro atoms. The van der Waals surface area contributed by atoms with Gasteiger partial charge in [0, 0.05) is 6.04 Å². The fourth-order valence-electron chi connectivity index (χ4n) is 3.25. The zero-order chi connectivity index (χ0) is 14.8. The van der Waals surface area contributed by atoms with Crippen molar-refractivity contribution in [2.45, 2.75) is 51.5 Å². The number of hydrogen-bond donors (Lipinski definition) is 1. The molecule has 2 N–H and O–H groups in total. The molecule has 1 atom stereocenters. The van der Waals surface area contributed by atoms with Crippen LogP contribution in [0.15, 0.2) is 42.5 Å². The largest absolute Gasteiger partial charge is 0.324 e. The fourth-order valence-corrected chi connectivity index (χ4v) is 3.25. The van der Waals surface area contributed by atoms with Crippen molar-refractivity contribution in [3.05, 3.63) is 70.3 Å². The summed E-state index contributed by atoms with van der Waals surface area (Å²) in [6.07, 6.45) is 4.72. The molecule has 3 rings (SSSR count). The highest BCUT2D eigenvalue weighted by atomic mass is 14.6. The Hall–Kier alpha value is -1.60. The third kappa shape index (κ3) is 3.19. The van der Waals surface area contributed by atoms with E-state index in [0.717, 1.165) is 6.42 Å². The lowest BCUT2D eigenvalue weighted by atomic mass is 9.95. The Morgan fingerprint density at radius 2 is 1.57 bits per heavy atom. The predicted octanol–water partition coefficient (Wildman–Crippen LogP) is 4.54. The van der Waals surface area contributed by atoms with Crippen molar-refractivity contribution < 1.29 is 0 Å². The van der Waals surface area contributed by atoms with E-state index in [0.29, 0.717) is 5.92 Å². The molecule has 0 radical (unpaired) electrons. The Morgan fingerprint density at radius 1 is 0.905 bits per heavy atom. The predicted molar refractivity (Wildman–Crippen MR) is 89.6 cm³/mol. The van der Waals surface area contributed by atoms with Crippen LogP contribution in [0.2, 0.25) is 0 Å². The molecule has 2 aromatic rings. The maximum absolute atomic E-state index is 6.40. The highest BCUT2D eigenvalue weighted by molar-refractivity contribution is 5.36. The van der Waals surface area contributed by atoms with Gasteiger partial charge in [-0.25, -0.2) is 0 Å². The smallest absolute Gasteiger partial charge is 0.0335 e. The van der Waals surface area contributed by atoms with Crippen LogP contribution in [0.5, 0.6) is 0 Å². The number of aryl methyl sites for hydroxylation is 2. The molecular formula is C20H25N. The molecular weight excluding hydrogens is 254 g/mol. The van der Waals surface area contributed by atoms with E-state index in [1.54, 1.807) is 0 Å². The van der Waals surface area contributed by atoms with Gasteiger partial charge in [-0.05, 0) is 59.4 Å². The summed E-state index contributed by atoms with van der Waals surface area (Å²) in [5, 5.41) is 0. The molecule has 0 bridgehead atoms. The molecule has 2 aromatic carbocycles. The minimum absolute atomic E-state index is 0.0886. The van der Waals surface area contributed by atoms with Gasteiger partial charge in [-0.1, -0.05) is 56.3 Å². The van der Waals surface area contributed by atoms with E-state index in [1.165, 1.54) is 47.1 Å². The highest BCUT2D eigenvalue weighted by Crippen LogP contribution is 2.25. The van der Waals surface area contributed by atoms with Crippen LogP contribution in [0.4, 0.5) is 0 Å². The van der Waals surface area contributed by atoms with Crippen LogP contribution in [0.1, 0.15) is 60.0 Å². The number of benzene rings is 2. The average molecular weight is 279 g/mol. The molecule has 0 saturated heterocycles.